The van der Waals surface area contributed by atoms with Crippen LogP contribution in [0.5, 0.6) is 0 Å². The maximum atomic E-state index is 7.48. The molecule has 0 atom stereocenters. The summed E-state index contributed by atoms with van der Waals surface area (Å²) in [6.45, 7) is 30.0. The van der Waals surface area contributed by atoms with Crippen molar-refractivity contribution in [1.29, 1.82) is 0 Å². The van der Waals surface area contributed by atoms with E-state index in [1.54, 1.807) is 0 Å². The van der Waals surface area contributed by atoms with Crippen LogP contribution in [0.25, 0.3) is 93.5 Å². The van der Waals surface area contributed by atoms with Crippen LogP contribution >= 0.6 is 0 Å². The molecule has 0 spiro atoms. The highest BCUT2D eigenvalue weighted by Crippen LogP contribution is 2.55. The van der Waals surface area contributed by atoms with Crippen LogP contribution in [0, 0.1) is 0 Å². The molecule has 4 aromatic heterocycles. The number of nitrogens with zero attached hydrogens (tertiary/aromatic N) is 2. The standard InChI is InChI=1S/C64H61BN2O3/c1-60(2,3)34-18-22-37(23-19-34)67-47-33-51-39(40-31-44-45(32-50(40)68-51)64(12,13)27-26-63(44,10)11)30-42(47)52-53-38-16-14-15-17-48(38)69-58(53)54-41-28-35(61(4,5)6)20-24-46(41)66-56-43-29-36(62(7,8)9)21-25-49(43)70-59(56)65(67)55(52)57(54)66/h14-25,28-33H,26-27H2,1-13H3. The lowest BCUT2D eigenvalue weighted by Gasteiger charge is -2.41. The van der Waals surface area contributed by atoms with Crippen molar-refractivity contribution in [1.82, 2.24) is 4.57 Å². The minimum atomic E-state index is -0.335. The highest BCUT2D eigenvalue weighted by Gasteiger charge is 2.49. The van der Waals surface area contributed by atoms with Crippen molar-refractivity contribution < 1.29 is 13.3 Å². The molecule has 0 saturated carbocycles. The molecule has 3 aliphatic rings. The van der Waals surface area contributed by atoms with E-state index in [9.17, 15) is 0 Å². The van der Waals surface area contributed by atoms with E-state index >= 15 is 0 Å². The number of aromatic nitrogens is 1. The summed E-state index contributed by atoms with van der Waals surface area (Å²) in [4.78, 5) is 2.58. The van der Waals surface area contributed by atoms with Gasteiger partial charge < -0.3 is 22.6 Å². The Morgan fingerprint density at radius 1 is 0.514 bits per heavy atom. The Balaban J connectivity index is 1.21. The van der Waals surface area contributed by atoms with Crippen LogP contribution in [-0.2, 0) is 27.1 Å². The molecular weight excluding hydrogens is 856 g/mol. The zero-order valence-electron chi connectivity index (χ0n) is 43.0. The third kappa shape index (κ3) is 5.51. The monoisotopic (exact) mass is 916 g/mol. The molecule has 2 aliphatic heterocycles. The van der Waals surface area contributed by atoms with Gasteiger partial charge in [-0.15, -0.1) is 0 Å². The van der Waals surface area contributed by atoms with Crippen LogP contribution in [0.15, 0.2) is 122 Å². The fourth-order valence-corrected chi connectivity index (χ4v) is 12.9. The summed E-state index contributed by atoms with van der Waals surface area (Å²) in [7, 11) is 0. The second-order valence-electron chi connectivity index (χ2n) is 25.6. The Labute approximate surface area is 410 Å². The molecule has 6 heterocycles. The molecular formula is C64H61BN2O3. The van der Waals surface area contributed by atoms with Gasteiger partial charge in [0.2, 0.25) is 0 Å². The Bertz CT molecular complexity index is 4130. The lowest BCUT2D eigenvalue weighted by molar-refractivity contribution is 0.332. The zero-order chi connectivity index (χ0) is 48.5. The van der Waals surface area contributed by atoms with E-state index in [4.69, 9.17) is 13.3 Å². The van der Waals surface area contributed by atoms with Gasteiger partial charge in [0.15, 0.2) is 0 Å². The van der Waals surface area contributed by atoms with Crippen molar-refractivity contribution in [3.63, 3.8) is 0 Å². The van der Waals surface area contributed by atoms with E-state index in [1.165, 1.54) is 60.7 Å². The molecule has 0 amide bonds. The van der Waals surface area contributed by atoms with Crippen LogP contribution in [0.2, 0.25) is 0 Å². The predicted octanol–water partition coefficient (Wildman–Crippen LogP) is 16.8. The smallest absolute Gasteiger partial charge is 0.376 e. The normalized spacial score (nSPS) is 16.4. The lowest BCUT2D eigenvalue weighted by atomic mass is 9.46. The SMILES string of the molecule is CC(C)(C)c1ccc(N2B3c4oc5ccc(C(C)(C)C)cc5c4-n4c5ccc(C(C)(C)C)cc5c5c6oc7ccccc7c6c(c3c54)-c3cc4c(cc32)oc2cc3c(cc24)C(C)(C)CCC3(C)C)cc1. The van der Waals surface area contributed by atoms with E-state index in [-0.39, 0.29) is 33.9 Å². The van der Waals surface area contributed by atoms with E-state index < -0.39 is 0 Å². The first-order chi connectivity index (χ1) is 33.1. The topological polar surface area (TPSA) is 47.6 Å². The minimum absolute atomic E-state index is 0.0118. The number of rotatable bonds is 1. The quantitative estimate of drug-likeness (QED) is 0.154. The fourth-order valence-electron chi connectivity index (χ4n) is 12.9. The Morgan fingerprint density at radius 2 is 1.11 bits per heavy atom. The van der Waals surface area contributed by atoms with Gasteiger partial charge in [-0.3, -0.25) is 0 Å². The molecule has 348 valence electrons. The summed E-state index contributed by atoms with van der Waals surface area (Å²) in [5.74, 6) is 0. The van der Waals surface area contributed by atoms with Crippen molar-refractivity contribution in [2.45, 2.75) is 130 Å². The van der Waals surface area contributed by atoms with Crippen LogP contribution in [0.4, 0.5) is 11.4 Å². The summed E-state index contributed by atoms with van der Waals surface area (Å²) < 4.78 is 24.5. The molecule has 0 unspecified atom stereocenters. The summed E-state index contributed by atoms with van der Waals surface area (Å²) in [6, 6.07) is 41.6. The third-order valence-corrected chi connectivity index (χ3v) is 17.1. The van der Waals surface area contributed by atoms with Crippen LogP contribution in [0.3, 0.4) is 0 Å². The molecule has 0 radical (unpaired) electrons. The van der Waals surface area contributed by atoms with Gasteiger partial charge >= 0.3 is 6.85 Å². The van der Waals surface area contributed by atoms with Crippen molar-refractivity contribution in [3.8, 4) is 16.8 Å². The number of anilines is 2. The summed E-state index contributed by atoms with van der Waals surface area (Å²) in [5, 5.41) is 8.04. The molecule has 1 aliphatic carbocycles. The molecule has 14 rings (SSSR count). The van der Waals surface area contributed by atoms with Gasteiger partial charge in [-0.05, 0) is 139 Å². The van der Waals surface area contributed by atoms with Crippen molar-refractivity contribution in [2.24, 2.45) is 0 Å². The zero-order valence-corrected chi connectivity index (χ0v) is 43.0. The number of furan rings is 3. The molecule has 5 nitrogen and oxygen atoms in total. The molecule has 0 saturated heterocycles. The van der Waals surface area contributed by atoms with Crippen molar-refractivity contribution in [2.75, 3.05) is 4.81 Å². The highest BCUT2D eigenvalue weighted by molar-refractivity contribution is 6.93. The molecule has 0 N–H and O–H groups in total. The Hall–Kier alpha value is -6.66. The molecule has 0 bridgehead atoms. The first kappa shape index (κ1) is 42.2. The molecule has 0 fully saturated rings. The second kappa shape index (κ2) is 13.2. The van der Waals surface area contributed by atoms with Crippen LogP contribution < -0.4 is 15.9 Å². The largest absolute Gasteiger partial charge is 0.466 e. The molecule has 6 heteroatoms. The second-order valence-corrected chi connectivity index (χ2v) is 25.6. The lowest BCUT2D eigenvalue weighted by Crippen LogP contribution is -2.60. The molecule has 7 aromatic carbocycles. The maximum absolute atomic E-state index is 7.48. The van der Waals surface area contributed by atoms with Gasteiger partial charge in [-0.1, -0.05) is 132 Å². The predicted molar refractivity (Wildman–Crippen MR) is 296 cm³/mol. The van der Waals surface area contributed by atoms with Crippen molar-refractivity contribution in [3.05, 3.63) is 137 Å². The first-order valence-electron chi connectivity index (χ1n) is 25.6. The Kier molecular flexibility index (Phi) is 7.96. The van der Waals surface area contributed by atoms with Crippen molar-refractivity contribution >= 4 is 106 Å². The van der Waals surface area contributed by atoms with Crippen LogP contribution in [-0.4, -0.2) is 11.4 Å². The highest BCUT2D eigenvalue weighted by atomic mass is 16.3. The van der Waals surface area contributed by atoms with Gasteiger partial charge in [0, 0.05) is 55.3 Å². The van der Waals surface area contributed by atoms with Gasteiger partial charge in [-0.25, -0.2) is 0 Å². The average molecular weight is 917 g/mol. The number of benzene rings is 7. The van der Waals surface area contributed by atoms with Gasteiger partial charge in [-0.2, -0.15) is 0 Å². The third-order valence-electron chi connectivity index (χ3n) is 17.1. The average Bonchev–Trinajstić information content (AvgIpc) is 4.06. The van der Waals surface area contributed by atoms with E-state index in [0.29, 0.717) is 0 Å². The number of hydrogen-bond donors (Lipinski definition) is 0. The maximum Gasteiger partial charge on any atom is 0.376 e. The van der Waals surface area contributed by atoms with Crippen LogP contribution in [0.1, 0.15) is 131 Å². The summed E-state index contributed by atoms with van der Waals surface area (Å²) >= 11 is 0. The van der Waals surface area contributed by atoms with Gasteiger partial charge in [0.05, 0.1) is 22.1 Å². The Morgan fingerprint density at radius 3 is 1.81 bits per heavy atom. The van der Waals surface area contributed by atoms with E-state index in [0.717, 1.165) is 95.9 Å². The van der Waals surface area contributed by atoms with Gasteiger partial charge in [0.25, 0.3) is 0 Å². The summed E-state index contributed by atoms with van der Waals surface area (Å²) in [6.07, 6.45) is 2.29. The first-order valence-corrected chi connectivity index (χ1v) is 25.6. The number of fused-ring (bicyclic) bond motifs is 19. The van der Waals surface area contributed by atoms with E-state index in [1.807, 2.05) is 0 Å². The summed E-state index contributed by atoms with van der Waals surface area (Å²) in [5.41, 5.74) is 21.4. The van der Waals surface area contributed by atoms with E-state index in [2.05, 4.69) is 209 Å². The van der Waals surface area contributed by atoms with Gasteiger partial charge in [0.1, 0.15) is 33.6 Å². The number of para-hydroxylation sites is 1. The minimum Gasteiger partial charge on any atom is -0.466 e. The molecule has 11 aromatic rings. The number of hydrogen-bond acceptors (Lipinski definition) is 4. The fraction of sp³-hybridized carbons (Fsp3) is 0.312. The molecule has 70 heavy (non-hydrogen) atoms.